The normalized spacial score (nSPS) is 17.3. The summed E-state index contributed by atoms with van der Waals surface area (Å²) in [6, 6.07) is 5.84. The first-order valence-corrected chi connectivity index (χ1v) is 8.20. The number of nitrogens with zero attached hydrogens (tertiary/aromatic N) is 3. The summed E-state index contributed by atoms with van der Waals surface area (Å²) in [6.07, 6.45) is 1.13. The Balaban J connectivity index is 1.94. The molecule has 1 aromatic heterocycles. The summed E-state index contributed by atoms with van der Waals surface area (Å²) in [5, 5.41) is 14.5. The van der Waals surface area contributed by atoms with Gasteiger partial charge in [-0.05, 0) is 44.0 Å². The van der Waals surface area contributed by atoms with E-state index in [-0.39, 0.29) is 11.6 Å². The fourth-order valence-electron chi connectivity index (χ4n) is 2.89. The number of carbonyl (C=O) groups excluding carboxylic acids is 1. The van der Waals surface area contributed by atoms with Crippen molar-refractivity contribution < 1.29 is 14.7 Å². The van der Waals surface area contributed by atoms with E-state index in [0.717, 1.165) is 0 Å². The van der Waals surface area contributed by atoms with Crippen molar-refractivity contribution in [3.63, 3.8) is 0 Å². The van der Waals surface area contributed by atoms with Crippen molar-refractivity contribution in [2.24, 2.45) is 0 Å². The van der Waals surface area contributed by atoms with Crippen LogP contribution in [0.4, 0.5) is 0 Å². The zero-order valence-corrected chi connectivity index (χ0v) is 14.4. The molecule has 1 N–H and O–H groups in total. The van der Waals surface area contributed by atoms with Crippen molar-refractivity contribution in [1.82, 2.24) is 14.7 Å². The molecule has 24 heavy (non-hydrogen) atoms. The van der Waals surface area contributed by atoms with Crippen molar-refractivity contribution in [3.8, 4) is 5.69 Å². The van der Waals surface area contributed by atoms with E-state index in [1.54, 1.807) is 35.9 Å². The van der Waals surface area contributed by atoms with Gasteiger partial charge in [0.2, 0.25) is 0 Å². The Morgan fingerprint density at radius 3 is 2.71 bits per heavy atom. The van der Waals surface area contributed by atoms with Crippen LogP contribution in [-0.4, -0.2) is 44.3 Å². The van der Waals surface area contributed by atoms with Gasteiger partial charge in [0.25, 0.3) is 5.91 Å². The van der Waals surface area contributed by atoms with Crippen molar-refractivity contribution in [2.45, 2.75) is 25.8 Å². The molecular weight excluding hydrogens is 353 g/mol. The lowest BCUT2D eigenvalue weighted by molar-refractivity contribution is -0.141. The van der Waals surface area contributed by atoms with E-state index in [1.165, 1.54) is 4.90 Å². The standard InChI is InChI=1S/C16H15Cl2N3O3/c1-9-7-12(15(22)20-6-2-3-14(20)16(23)24)19-21(9)13-5-4-10(17)8-11(13)18/h4-5,7-8,14H,2-3,6H2,1H3,(H,23,24)/t14-/m0/s1. The number of benzene rings is 1. The topological polar surface area (TPSA) is 75.4 Å². The highest BCUT2D eigenvalue weighted by Crippen LogP contribution is 2.26. The molecular formula is C16H15Cl2N3O3. The van der Waals surface area contributed by atoms with Gasteiger partial charge in [0.1, 0.15) is 6.04 Å². The smallest absolute Gasteiger partial charge is 0.326 e. The van der Waals surface area contributed by atoms with Gasteiger partial charge >= 0.3 is 5.97 Å². The fraction of sp³-hybridized carbons (Fsp3) is 0.312. The first-order valence-electron chi connectivity index (χ1n) is 7.44. The van der Waals surface area contributed by atoms with Crippen LogP contribution in [0.5, 0.6) is 0 Å². The van der Waals surface area contributed by atoms with E-state index in [4.69, 9.17) is 23.2 Å². The molecule has 1 fully saturated rings. The number of halogens is 2. The molecule has 1 atom stereocenters. The highest BCUT2D eigenvalue weighted by atomic mass is 35.5. The lowest BCUT2D eigenvalue weighted by Gasteiger charge is -2.20. The maximum atomic E-state index is 12.6. The second-order valence-electron chi connectivity index (χ2n) is 5.67. The van der Waals surface area contributed by atoms with Crippen molar-refractivity contribution in [3.05, 3.63) is 45.7 Å². The van der Waals surface area contributed by atoms with Crippen LogP contribution in [0.25, 0.3) is 5.69 Å². The minimum Gasteiger partial charge on any atom is -0.480 e. The molecule has 0 unspecified atom stereocenters. The van der Waals surface area contributed by atoms with Crippen LogP contribution in [0.3, 0.4) is 0 Å². The van der Waals surface area contributed by atoms with Gasteiger partial charge in [-0.2, -0.15) is 5.10 Å². The zero-order valence-electron chi connectivity index (χ0n) is 12.9. The third kappa shape index (κ3) is 2.99. The van der Waals surface area contributed by atoms with E-state index >= 15 is 0 Å². The van der Waals surface area contributed by atoms with Gasteiger partial charge in [0.15, 0.2) is 5.69 Å². The van der Waals surface area contributed by atoms with Crippen molar-refractivity contribution in [1.29, 1.82) is 0 Å². The molecule has 1 amide bonds. The average Bonchev–Trinajstić information content (AvgIpc) is 3.13. The van der Waals surface area contributed by atoms with E-state index in [2.05, 4.69) is 5.10 Å². The van der Waals surface area contributed by atoms with Gasteiger partial charge in [-0.3, -0.25) is 4.79 Å². The molecule has 0 aliphatic carbocycles. The predicted octanol–water partition coefficient (Wildman–Crippen LogP) is 3.18. The first-order chi connectivity index (χ1) is 11.4. The molecule has 8 heteroatoms. The molecule has 0 bridgehead atoms. The van der Waals surface area contributed by atoms with Crippen LogP contribution in [0.1, 0.15) is 29.0 Å². The number of rotatable bonds is 3. The number of amides is 1. The lowest BCUT2D eigenvalue weighted by Crippen LogP contribution is -2.40. The number of carboxylic acid groups (broad SMARTS) is 1. The Kier molecular flexibility index (Phi) is 4.51. The van der Waals surface area contributed by atoms with E-state index in [1.807, 2.05) is 0 Å². The summed E-state index contributed by atoms with van der Waals surface area (Å²) >= 11 is 12.1. The van der Waals surface area contributed by atoms with Gasteiger partial charge in [0, 0.05) is 17.3 Å². The number of likely N-dealkylation sites (tertiary alicyclic amines) is 1. The lowest BCUT2D eigenvalue weighted by atomic mass is 10.2. The summed E-state index contributed by atoms with van der Waals surface area (Å²) < 4.78 is 1.55. The van der Waals surface area contributed by atoms with Crippen LogP contribution < -0.4 is 0 Å². The Labute approximate surface area is 148 Å². The molecule has 2 heterocycles. The summed E-state index contributed by atoms with van der Waals surface area (Å²) in [6.45, 7) is 2.22. The SMILES string of the molecule is Cc1cc(C(=O)N2CCC[C@H]2C(=O)O)nn1-c1ccc(Cl)cc1Cl. The minimum absolute atomic E-state index is 0.201. The molecule has 1 aliphatic rings. The monoisotopic (exact) mass is 367 g/mol. The molecule has 1 saturated heterocycles. The Hall–Kier alpha value is -2.05. The second-order valence-corrected chi connectivity index (χ2v) is 6.52. The van der Waals surface area contributed by atoms with Crippen LogP contribution in [0.2, 0.25) is 10.0 Å². The summed E-state index contributed by atoms with van der Waals surface area (Å²) in [5.41, 5.74) is 1.52. The first kappa shape index (κ1) is 16.8. The summed E-state index contributed by atoms with van der Waals surface area (Å²) in [5.74, 6) is -1.37. The van der Waals surface area contributed by atoms with Crippen LogP contribution in [0, 0.1) is 6.92 Å². The highest BCUT2D eigenvalue weighted by Gasteiger charge is 2.35. The maximum Gasteiger partial charge on any atom is 0.326 e. The number of carboxylic acids is 1. The van der Waals surface area contributed by atoms with Crippen LogP contribution in [-0.2, 0) is 4.79 Å². The number of aromatic nitrogens is 2. The van der Waals surface area contributed by atoms with E-state index in [9.17, 15) is 14.7 Å². The van der Waals surface area contributed by atoms with Crippen LogP contribution >= 0.6 is 23.2 Å². The molecule has 2 aromatic rings. The average molecular weight is 368 g/mol. The predicted molar refractivity (Wildman–Crippen MR) is 90.0 cm³/mol. The van der Waals surface area contributed by atoms with Gasteiger partial charge in [-0.1, -0.05) is 23.2 Å². The van der Waals surface area contributed by atoms with E-state index < -0.39 is 12.0 Å². The number of aryl methyl sites for hydroxylation is 1. The molecule has 126 valence electrons. The Bertz CT molecular complexity index is 819. The van der Waals surface area contributed by atoms with Crippen LogP contribution in [0.15, 0.2) is 24.3 Å². The minimum atomic E-state index is -0.988. The quantitative estimate of drug-likeness (QED) is 0.903. The largest absolute Gasteiger partial charge is 0.480 e. The second kappa shape index (κ2) is 6.45. The third-order valence-electron chi connectivity index (χ3n) is 4.04. The zero-order chi connectivity index (χ0) is 17.4. The molecule has 0 saturated carbocycles. The number of hydrogen-bond donors (Lipinski definition) is 1. The molecule has 1 aromatic carbocycles. The molecule has 0 radical (unpaired) electrons. The number of aliphatic carboxylic acids is 1. The summed E-state index contributed by atoms with van der Waals surface area (Å²) in [7, 11) is 0. The van der Waals surface area contributed by atoms with Gasteiger partial charge < -0.3 is 10.0 Å². The van der Waals surface area contributed by atoms with E-state index in [0.29, 0.717) is 40.8 Å². The summed E-state index contributed by atoms with van der Waals surface area (Å²) in [4.78, 5) is 25.3. The molecule has 0 spiro atoms. The Morgan fingerprint density at radius 1 is 1.29 bits per heavy atom. The number of carbonyl (C=O) groups is 2. The Morgan fingerprint density at radius 2 is 2.04 bits per heavy atom. The molecule has 6 nitrogen and oxygen atoms in total. The number of hydrogen-bond acceptors (Lipinski definition) is 3. The van der Waals surface area contributed by atoms with Gasteiger partial charge in [0.05, 0.1) is 10.7 Å². The highest BCUT2D eigenvalue weighted by molar-refractivity contribution is 6.35. The fourth-order valence-corrected chi connectivity index (χ4v) is 3.38. The molecule has 3 rings (SSSR count). The molecule has 1 aliphatic heterocycles. The van der Waals surface area contributed by atoms with Crippen molar-refractivity contribution in [2.75, 3.05) is 6.54 Å². The third-order valence-corrected chi connectivity index (χ3v) is 4.58. The van der Waals surface area contributed by atoms with Gasteiger partial charge in [-0.15, -0.1) is 0 Å². The van der Waals surface area contributed by atoms with Crippen molar-refractivity contribution >= 4 is 35.1 Å². The van der Waals surface area contributed by atoms with Gasteiger partial charge in [-0.25, -0.2) is 9.48 Å². The maximum absolute atomic E-state index is 12.6.